The van der Waals surface area contributed by atoms with E-state index in [1.165, 1.54) is 24.3 Å². The van der Waals surface area contributed by atoms with Crippen molar-refractivity contribution in [3.63, 3.8) is 0 Å². The molecule has 0 fully saturated rings. The molecule has 0 aliphatic heterocycles. The highest BCUT2D eigenvalue weighted by Crippen LogP contribution is 2.23. The molecule has 3 aromatic rings. The Balaban J connectivity index is 1.79. The number of ether oxygens (including phenoxy) is 1. The topological polar surface area (TPSA) is 62.1 Å². The smallest absolute Gasteiger partial charge is 0.266 e. The zero-order chi connectivity index (χ0) is 19.8. The zero-order valence-electron chi connectivity index (χ0n) is 14.9. The first-order valence-electron chi connectivity index (χ1n) is 8.61. The van der Waals surface area contributed by atoms with Crippen LogP contribution in [0.2, 0.25) is 0 Å². The molecule has 0 heterocycles. The van der Waals surface area contributed by atoms with Gasteiger partial charge in [0, 0.05) is 5.56 Å². The molecular weight excluding hydrogens is 355 g/mol. The van der Waals surface area contributed by atoms with Crippen molar-refractivity contribution in [2.75, 3.05) is 5.32 Å². The van der Waals surface area contributed by atoms with E-state index in [-0.39, 0.29) is 11.3 Å². The fourth-order valence-corrected chi connectivity index (χ4v) is 2.52. The molecule has 0 aliphatic rings. The molecule has 0 saturated heterocycles. The van der Waals surface area contributed by atoms with Crippen LogP contribution in [0.3, 0.4) is 0 Å². The fraction of sp³-hybridized carbons (Fsp3) is 0.0435. The minimum absolute atomic E-state index is 0.0160. The Morgan fingerprint density at radius 3 is 2.43 bits per heavy atom. The van der Waals surface area contributed by atoms with E-state index in [0.29, 0.717) is 17.9 Å². The number of benzene rings is 3. The summed E-state index contributed by atoms with van der Waals surface area (Å²) in [5.74, 6) is -0.719. The van der Waals surface area contributed by atoms with Crippen LogP contribution in [0.5, 0.6) is 5.75 Å². The number of rotatable bonds is 6. The molecule has 1 amide bonds. The number of anilines is 1. The lowest BCUT2D eigenvalue weighted by atomic mass is 10.1. The number of amides is 1. The number of hydrogen-bond acceptors (Lipinski definition) is 3. The summed E-state index contributed by atoms with van der Waals surface area (Å²) in [5, 5.41) is 11.8. The highest BCUT2D eigenvalue weighted by molar-refractivity contribution is 6.09. The van der Waals surface area contributed by atoms with Crippen molar-refractivity contribution in [1.29, 1.82) is 5.26 Å². The normalized spacial score (nSPS) is 10.8. The lowest BCUT2D eigenvalue weighted by Gasteiger charge is -2.10. The number of nitriles is 1. The molecule has 5 heteroatoms. The average Bonchev–Trinajstić information content (AvgIpc) is 2.73. The Kier molecular flexibility index (Phi) is 6.17. The summed E-state index contributed by atoms with van der Waals surface area (Å²) < 4.78 is 19.6. The summed E-state index contributed by atoms with van der Waals surface area (Å²) in [6, 6.07) is 24.4. The van der Waals surface area contributed by atoms with Gasteiger partial charge in [0.15, 0.2) is 0 Å². The van der Waals surface area contributed by atoms with E-state index in [2.05, 4.69) is 5.32 Å². The molecule has 138 valence electrons. The number of carbonyl (C=O) groups excluding carboxylic acids is 1. The number of halogens is 1. The number of nitrogens with zero attached hydrogens (tertiary/aromatic N) is 1. The molecule has 0 radical (unpaired) electrons. The number of carbonyl (C=O) groups is 1. The minimum atomic E-state index is -0.689. The van der Waals surface area contributed by atoms with Crippen molar-refractivity contribution in [1.82, 2.24) is 0 Å². The van der Waals surface area contributed by atoms with E-state index >= 15 is 0 Å². The first kappa shape index (κ1) is 18.9. The van der Waals surface area contributed by atoms with Crippen molar-refractivity contribution >= 4 is 17.7 Å². The van der Waals surface area contributed by atoms with Gasteiger partial charge >= 0.3 is 0 Å². The molecule has 0 aliphatic carbocycles. The maximum Gasteiger partial charge on any atom is 0.266 e. The first-order chi connectivity index (χ1) is 13.7. The highest BCUT2D eigenvalue weighted by Gasteiger charge is 2.13. The summed E-state index contributed by atoms with van der Waals surface area (Å²) in [6.07, 6.45) is 1.43. The lowest BCUT2D eigenvalue weighted by molar-refractivity contribution is -0.112. The van der Waals surface area contributed by atoms with Gasteiger partial charge in [-0.1, -0.05) is 60.7 Å². The lowest BCUT2D eigenvalue weighted by Crippen LogP contribution is -2.14. The third kappa shape index (κ3) is 4.83. The number of nitrogens with one attached hydrogen (secondary N) is 1. The predicted octanol–water partition coefficient (Wildman–Crippen LogP) is 4.95. The van der Waals surface area contributed by atoms with Gasteiger partial charge in [0.25, 0.3) is 5.91 Å². The molecule has 1 N–H and O–H groups in total. The second kappa shape index (κ2) is 9.15. The Bertz CT molecular complexity index is 1040. The average molecular weight is 372 g/mol. The second-order valence-electron chi connectivity index (χ2n) is 5.92. The highest BCUT2D eigenvalue weighted by atomic mass is 19.1. The largest absolute Gasteiger partial charge is 0.488 e. The molecule has 28 heavy (non-hydrogen) atoms. The van der Waals surface area contributed by atoms with Crippen molar-refractivity contribution in [3.8, 4) is 11.8 Å². The van der Waals surface area contributed by atoms with E-state index < -0.39 is 11.7 Å². The zero-order valence-corrected chi connectivity index (χ0v) is 14.9. The minimum Gasteiger partial charge on any atom is -0.488 e. The molecule has 0 spiro atoms. The monoisotopic (exact) mass is 372 g/mol. The van der Waals surface area contributed by atoms with Crippen LogP contribution in [0, 0.1) is 17.1 Å². The Morgan fingerprint density at radius 1 is 1.00 bits per heavy atom. The Hall–Kier alpha value is -3.91. The number of para-hydroxylation sites is 2. The van der Waals surface area contributed by atoms with E-state index in [4.69, 9.17) is 4.74 Å². The van der Waals surface area contributed by atoms with Crippen LogP contribution in [0.25, 0.3) is 6.08 Å². The summed E-state index contributed by atoms with van der Waals surface area (Å²) in [6.45, 7) is 0.356. The van der Waals surface area contributed by atoms with Crippen LogP contribution in [0.1, 0.15) is 11.1 Å². The summed E-state index contributed by atoms with van der Waals surface area (Å²) in [7, 11) is 0. The van der Waals surface area contributed by atoms with Crippen molar-refractivity contribution in [3.05, 3.63) is 101 Å². The van der Waals surface area contributed by atoms with Gasteiger partial charge in [0.05, 0.1) is 5.69 Å². The molecule has 3 rings (SSSR count). The summed E-state index contributed by atoms with van der Waals surface area (Å²) >= 11 is 0. The molecule has 0 atom stereocenters. The Labute approximate surface area is 162 Å². The third-order valence-corrected chi connectivity index (χ3v) is 3.94. The third-order valence-electron chi connectivity index (χ3n) is 3.94. The van der Waals surface area contributed by atoms with Gasteiger partial charge < -0.3 is 10.1 Å². The molecule has 0 saturated carbocycles. The fourth-order valence-electron chi connectivity index (χ4n) is 2.52. The molecule has 3 aromatic carbocycles. The van der Waals surface area contributed by atoms with E-state index in [1.54, 1.807) is 24.3 Å². The first-order valence-corrected chi connectivity index (χ1v) is 8.61. The van der Waals surface area contributed by atoms with Crippen LogP contribution in [0.15, 0.2) is 84.4 Å². The van der Waals surface area contributed by atoms with Gasteiger partial charge in [-0.15, -0.1) is 0 Å². The van der Waals surface area contributed by atoms with Crippen LogP contribution in [-0.2, 0) is 11.4 Å². The number of hydrogen-bond donors (Lipinski definition) is 1. The molecular formula is C23H17FN2O2. The van der Waals surface area contributed by atoms with Gasteiger partial charge in [-0.05, 0) is 29.8 Å². The van der Waals surface area contributed by atoms with Gasteiger partial charge in [-0.3, -0.25) is 4.79 Å². The van der Waals surface area contributed by atoms with Crippen LogP contribution in [-0.4, -0.2) is 5.91 Å². The second-order valence-corrected chi connectivity index (χ2v) is 5.92. The van der Waals surface area contributed by atoms with Gasteiger partial charge in [0.2, 0.25) is 0 Å². The summed E-state index contributed by atoms with van der Waals surface area (Å²) in [5.41, 5.74) is 1.44. The SMILES string of the molecule is N#C/C(=C\c1ccccc1OCc1ccccc1)C(=O)Nc1ccccc1F. The van der Waals surface area contributed by atoms with Gasteiger partial charge in [0.1, 0.15) is 29.8 Å². The van der Waals surface area contributed by atoms with Crippen LogP contribution >= 0.6 is 0 Å². The quantitative estimate of drug-likeness (QED) is 0.492. The molecule has 0 aromatic heterocycles. The van der Waals surface area contributed by atoms with E-state index in [9.17, 15) is 14.4 Å². The predicted molar refractivity (Wildman–Crippen MR) is 106 cm³/mol. The molecule has 0 unspecified atom stereocenters. The standard InChI is InChI=1S/C23H17FN2O2/c24-20-11-5-6-12-21(20)26-23(27)19(15-25)14-18-10-4-7-13-22(18)28-16-17-8-2-1-3-9-17/h1-14H,16H2,(H,26,27)/b19-14+. The van der Waals surface area contributed by atoms with Crippen LogP contribution in [0.4, 0.5) is 10.1 Å². The Morgan fingerprint density at radius 2 is 1.68 bits per heavy atom. The molecule has 0 bridgehead atoms. The van der Waals surface area contributed by atoms with Gasteiger partial charge in [-0.25, -0.2) is 4.39 Å². The van der Waals surface area contributed by atoms with Crippen molar-refractivity contribution in [2.45, 2.75) is 6.61 Å². The maximum absolute atomic E-state index is 13.7. The van der Waals surface area contributed by atoms with Crippen molar-refractivity contribution < 1.29 is 13.9 Å². The molecule has 4 nitrogen and oxygen atoms in total. The van der Waals surface area contributed by atoms with Crippen LogP contribution < -0.4 is 10.1 Å². The van der Waals surface area contributed by atoms with Crippen molar-refractivity contribution in [2.24, 2.45) is 0 Å². The maximum atomic E-state index is 13.7. The van der Waals surface area contributed by atoms with Gasteiger partial charge in [-0.2, -0.15) is 5.26 Å². The van der Waals surface area contributed by atoms with E-state index in [0.717, 1.165) is 5.56 Å². The summed E-state index contributed by atoms with van der Waals surface area (Å²) in [4.78, 5) is 12.4. The van der Waals surface area contributed by atoms with E-state index in [1.807, 2.05) is 42.5 Å².